The van der Waals surface area contributed by atoms with Gasteiger partial charge in [-0.1, -0.05) is 24.3 Å². The molecule has 0 aliphatic heterocycles. The number of rotatable bonds is 19. The molecule has 12 nitrogen and oxygen atoms in total. The fourth-order valence-electron chi connectivity index (χ4n) is 3.53. The number of carbonyl (C=O) groups excluding carboxylic acids is 2. The van der Waals surface area contributed by atoms with E-state index in [1.54, 1.807) is 54.2 Å². The highest BCUT2D eigenvalue weighted by Gasteiger charge is 2.14. The van der Waals surface area contributed by atoms with Gasteiger partial charge in [-0.05, 0) is 65.1 Å². The van der Waals surface area contributed by atoms with Gasteiger partial charge in [-0.3, -0.25) is 20.4 Å². The van der Waals surface area contributed by atoms with Crippen LogP contribution in [0.15, 0.2) is 48.5 Å². The van der Waals surface area contributed by atoms with Gasteiger partial charge in [0.1, 0.15) is 30.2 Å². The summed E-state index contributed by atoms with van der Waals surface area (Å²) in [6.45, 7) is 0.154. The zero-order chi connectivity index (χ0) is 31.5. The molecule has 0 heterocycles. The number of amidine groups is 1. The van der Waals surface area contributed by atoms with Crippen molar-refractivity contribution in [2.75, 3.05) is 37.9 Å². The summed E-state index contributed by atoms with van der Waals surface area (Å²) in [5.41, 5.74) is 13.0. The van der Waals surface area contributed by atoms with Gasteiger partial charge >= 0.3 is 0 Å². The minimum atomic E-state index is -0.657. The van der Waals surface area contributed by atoms with Crippen molar-refractivity contribution in [2.45, 2.75) is 36.6 Å². The average Bonchev–Trinajstić information content (AvgIpc) is 2.94. The number of amides is 2. The third kappa shape index (κ3) is 16.6. The van der Waals surface area contributed by atoms with Gasteiger partial charge in [0.25, 0.3) is 0 Å². The van der Waals surface area contributed by atoms with Crippen LogP contribution in [0.2, 0.25) is 0 Å². The van der Waals surface area contributed by atoms with Crippen molar-refractivity contribution >= 4 is 57.3 Å². The lowest BCUT2D eigenvalue weighted by Crippen LogP contribution is -2.42. The van der Waals surface area contributed by atoms with Gasteiger partial charge in [-0.25, -0.2) is 0 Å². The summed E-state index contributed by atoms with van der Waals surface area (Å²) in [5, 5.41) is 38.9. The van der Waals surface area contributed by atoms with Crippen molar-refractivity contribution < 1.29 is 29.3 Å². The molecule has 15 heteroatoms. The van der Waals surface area contributed by atoms with Crippen molar-refractivity contribution in [3.8, 4) is 11.5 Å². The van der Waals surface area contributed by atoms with E-state index in [0.717, 1.165) is 23.1 Å². The predicted octanol–water partition coefficient (Wildman–Crippen LogP) is 1.87. The summed E-state index contributed by atoms with van der Waals surface area (Å²) in [4.78, 5) is 24.6. The van der Waals surface area contributed by atoms with Crippen molar-refractivity contribution in [2.24, 2.45) is 11.5 Å². The molecule has 236 valence electrons. The van der Waals surface area contributed by atoms with E-state index >= 15 is 0 Å². The number of carbonyl (C=O) groups is 2. The van der Waals surface area contributed by atoms with Gasteiger partial charge in [0.15, 0.2) is 5.17 Å². The molecular formula is C28H40N6O6S3. The molecule has 0 aliphatic rings. The Morgan fingerprint density at radius 1 is 0.884 bits per heavy atom. The van der Waals surface area contributed by atoms with Gasteiger partial charge in [-0.2, -0.15) is 11.8 Å². The largest absolute Gasteiger partial charge is 0.491 e. The Morgan fingerprint density at radius 2 is 1.47 bits per heavy atom. The van der Waals surface area contributed by atoms with E-state index in [9.17, 15) is 9.59 Å². The van der Waals surface area contributed by atoms with Crippen LogP contribution < -0.4 is 31.6 Å². The number of thioether (sulfide) groups is 3. The van der Waals surface area contributed by atoms with E-state index < -0.39 is 5.50 Å². The third-order valence-electron chi connectivity index (χ3n) is 5.37. The van der Waals surface area contributed by atoms with E-state index in [-0.39, 0.29) is 66.7 Å². The molecule has 10 N–H and O–H groups in total. The van der Waals surface area contributed by atoms with Crippen LogP contribution in [-0.4, -0.2) is 81.0 Å². The Hall–Kier alpha value is -2.79. The van der Waals surface area contributed by atoms with E-state index in [1.165, 1.54) is 11.8 Å². The number of hydrogen-bond donors (Lipinski definition) is 8. The third-order valence-corrected chi connectivity index (χ3v) is 8.14. The molecule has 2 unspecified atom stereocenters. The molecule has 2 aromatic rings. The Labute approximate surface area is 264 Å². The van der Waals surface area contributed by atoms with Crippen molar-refractivity contribution in [1.82, 2.24) is 10.6 Å². The van der Waals surface area contributed by atoms with Crippen molar-refractivity contribution in [3.63, 3.8) is 0 Å². The summed E-state index contributed by atoms with van der Waals surface area (Å²) in [6.07, 6.45) is 1.30. The molecule has 2 aromatic carbocycles. The van der Waals surface area contributed by atoms with Crippen LogP contribution in [0.4, 0.5) is 0 Å². The minimum absolute atomic E-state index is 0.0590. The molecule has 0 fully saturated rings. The van der Waals surface area contributed by atoms with Crippen LogP contribution in [0.25, 0.3) is 0 Å². The molecule has 43 heavy (non-hydrogen) atoms. The van der Waals surface area contributed by atoms with Crippen molar-refractivity contribution in [3.05, 3.63) is 59.7 Å². The molecule has 0 saturated heterocycles. The van der Waals surface area contributed by atoms with Crippen LogP contribution in [0.1, 0.15) is 24.0 Å². The predicted molar refractivity (Wildman–Crippen MR) is 175 cm³/mol. The zero-order valence-electron chi connectivity index (χ0n) is 23.8. The Kier molecular flexibility index (Phi) is 17.8. The summed E-state index contributed by atoms with van der Waals surface area (Å²) >= 11 is 3.78. The van der Waals surface area contributed by atoms with Gasteiger partial charge in [0, 0.05) is 6.42 Å². The number of nitrogens with two attached hydrogens (primary N) is 2. The van der Waals surface area contributed by atoms with E-state index in [4.69, 9.17) is 42.0 Å². The van der Waals surface area contributed by atoms with Crippen LogP contribution >= 0.6 is 35.3 Å². The number of hydrogen-bond acceptors (Lipinski definition) is 13. The Morgan fingerprint density at radius 3 is 2.05 bits per heavy atom. The zero-order valence-corrected chi connectivity index (χ0v) is 26.2. The maximum Gasteiger partial charge on any atom is 0.230 e. The Bertz CT molecular complexity index is 1190. The first kappa shape index (κ1) is 36.4. The van der Waals surface area contributed by atoms with Gasteiger partial charge in [0.05, 0.1) is 36.5 Å². The van der Waals surface area contributed by atoms with Gasteiger partial charge < -0.3 is 41.8 Å². The maximum absolute atomic E-state index is 12.4. The number of aliphatic hydroxyl groups is 2. The highest BCUT2D eigenvalue weighted by molar-refractivity contribution is 8.26. The summed E-state index contributed by atoms with van der Waals surface area (Å²) in [5.74, 6) is 1.93. The maximum atomic E-state index is 12.4. The first-order valence-corrected chi connectivity index (χ1v) is 16.4. The van der Waals surface area contributed by atoms with E-state index in [1.807, 2.05) is 6.07 Å². The SMILES string of the molecule is N=C(CCSCCC(N)SC(N)NC(=O)Cc1cccc(OCCO)c1)SC(=N)NC(=O)Cc1cccc(OCCO)c1. The highest BCUT2D eigenvalue weighted by atomic mass is 32.2. The average molecular weight is 653 g/mol. The quantitative estimate of drug-likeness (QED) is 0.0474. The second-order valence-corrected chi connectivity index (χ2v) is 12.7. The monoisotopic (exact) mass is 652 g/mol. The smallest absolute Gasteiger partial charge is 0.230 e. The molecule has 2 amide bonds. The molecular weight excluding hydrogens is 613 g/mol. The lowest BCUT2D eigenvalue weighted by molar-refractivity contribution is -0.120. The highest BCUT2D eigenvalue weighted by Crippen LogP contribution is 2.18. The van der Waals surface area contributed by atoms with Crippen LogP contribution in [0.3, 0.4) is 0 Å². The van der Waals surface area contributed by atoms with E-state index in [0.29, 0.717) is 35.7 Å². The summed E-state index contributed by atoms with van der Waals surface area (Å²) in [7, 11) is 0. The number of aliphatic hydroxyl groups excluding tert-OH is 2. The second kappa shape index (κ2) is 21.0. The molecule has 0 saturated carbocycles. The van der Waals surface area contributed by atoms with Gasteiger partial charge in [0.2, 0.25) is 11.8 Å². The Balaban J connectivity index is 1.56. The number of benzene rings is 2. The fraction of sp³-hybridized carbons (Fsp3) is 0.429. The number of ether oxygens (including phenoxy) is 2. The normalized spacial score (nSPS) is 12.2. The molecule has 0 aliphatic carbocycles. The summed E-state index contributed by atoms with van der Waals surface area (Å²) < 4.78 is 10.7. The lowest BCUT2D eigenvalue weighted by atomic mass is 10.1. The number of nitrogens with one attached hydrogen (secondary N) is 4. The molecule has 0 bridgehead atoms. The fourth-order valence-corrected chi connectivity index (χ4v) is 6.22. The molecule has 0 spiro atoms. The summed E-state index contributed by atoms with van der Waals surface area (Å²) in [6, 6.07) is 14.1. The standard InChI is InChI=1S/C28H40N6O6S3/c29-23(42-27(31)33-25(37)17-19-3-1-5-21(15-19)39-11-9-35)7-13-41-14-8-24(30)43-28(32)34-26(38)18-20-4-2-6-22(16-20)40-12-10-36/h1-6,15-16,23,27,30,35-36H,7-14,17-18,29,31H2,(H,33,37)(H2,32,34,38). The first-order chi connectivity index (χ1) is 20.7. The van der Waals surface area contributed by atoms with Crippen LogP contribution in [0, 0.1) is 10.8 Å². The minimum Gasteiger partial charge on any atom is -0.491 e. The first-order valence-electron chi connectivity index (χ1n) is 13.5. The van der Waals surface area contributed by atoms with Gasteiger partial charge in [-0.15, -0.1) is 11.8 Å². The lowest BCUT2D eigenvalue weighted by Gasteiger charge is -2.18. The van der Waals surface area contributed by atoms with Crippen LogP contribution in [0.5, 0.6) is 11.5 Å². The molecule has 0 aromatic heterocycles. The molecule has 0 radical (unpaired) electrons. The topological polar surface area (TPSA) is 217 Å². The van der Waals surface area contributed by atoms with E-state index in [2.05, 4.69) is 10.6 Å². The van der Waals surface area contributed by atoms with Crippen molar-refractivity contribution in [1.29, 1.82) is 10.8 Å². The van der Waals surface area contributed by atoms with Crippen LogP contribution in [-0.2, 0) is 22.4 Å². The second-order valence-electron chi connectivity index (χ2n) is 9.01. The molecule has 2 atom stereocenters. The molecule has 2 rings (SSSR count).